The summed E-state index contributed by atoms with van der Waals surface area (Å²) in [6, 6.07) is 4.51. The standard InChI is InChI=1S/C32H55N5O6/c1-22(2)33-32(41)36(8)20-29-23(3)19-37(24(4)21-38)31(40)27-18-26(34-30(39)13-11-16-35(6)7)14-15-28(27)43-25(5)12-9-10-17-42-29/h14-15,18,22-25,29,38H,9-13,16-17,19-21H2,1-8H3,(H,33,41)(H,34,39)/t23-,24+,25+,29+/m0/s1. The number of amides is 4. The predicted molar refractivity (Wildman–Crippen MR) is 170 cm³/mol. The highest BCUT2D eigenvalue weighted by Crippen LogP contribution is 2.28. The van der Waals surface area contributed by atoms with Crippen molar-refractivity contribution < 1.29 is 29.0 Å². The third-order valence-corrected chi connectivity index (χ3v) is 7.56. The van der Waals surface area contributed by atoms with E-state index >= 15 is 0 Å². The zero-order chi connectivity index (χ0) is 32.1. The largest absolute Gasteiger partial charge is 0.490 e. The molecule has 0 saturated carbocycles. The van der Waals surface area contributed by atoms with Gasteiger partial charge in [0.15, 0.2) is 0 Å². The summed E-state index contributed by atoms with van der Waals surface area (Å²) in [4.78, 5) is 44.8. The van der Waals surface area contributed by atoms with E-state index in [-0.39, 0.29) is 48.6 Å². The Balaban J connectivity index is 2.39. The van der Waals surface area contributed by atoms with Gasteiger partial charge >= 0.3 is 6.03 Å². The van der Waals surface area contributed by atoms with Crippen molar-refractivity contribution in [3.8, 4) is 5.75 Å². The monoisotopic (exact) mass is 605 g/mol. The van der Waals surface area contributed by atoms with Gasteiger partial charge in [-0.05, 0) is 92.2 Å². The van der Waals surface area contributed by atoms with E-state index in [0.717, 1.165) is 32.2 Å². The number of fused-ring (bicyclic) bond motifs is 1. The van der Waals surface area contributed by atoms with Gasteiger partial charge < -0.3 is 39.9 Å². The molecule has 0 aliphatic carbocycles. The summed E-state index contributed by atoms with van der Waals surface area (Å²) in [6.45, 7) is 11.3. The van der Waals surface area contributed by atoms with Gasteiger partial charge in [0.05, 0.1) is 30.4 Å². The van der Waals surface area contributed by atoms with Crippen LogP contribution in [-0.4, -0.2) is 116 Å². The Hall–Kier alpha value is -2.89. The van der Waals surface area contributed by atoms with Crippen molar-refractivity contribution in [2.24, 2.45) is 5.92 Å². The molecule has 11 nitrogen and oxygen atoms in total. The van der Waals surface area contributed by atoms with Crippen LogP contribution >= 0.6 is 0 Å². The lowest BCUT2D eigenvalue weighted by Crippen LogP contribution is -2.49. The maximum atomic E-state index is 14.2. The zero-order valence-corrected chi connectivity index (χ0v) is 27.5. The molecule has 0 bridgehead atoms. The van der Waals surface area contributed by atoms with Gasteiger partial charge in [-0.15, -0.1) is 0 Å². The molecular formula is C32H55N5O6. The molecule has 0 fully saturated rings. The first-order valence-electron chi connectivity index (χ1n) is 15.6. The number of benzene rings is 1. The number of rotatable bonds is 10. The molecule has 0 unspecified atom stereocenters. The lowest BCUT2D eigenvalue weighted by Gasteiger charge is -2.36. The molecule has 1 heterocycles. The molecule has 43 heavy (non-hydrogen) atoms. The van der Waals surface area contributed by atoms with Crippen LogP contribution in [0.4, 0.5) is 10.5 Å². The third-order valence-electron chi connectivity index (χ3n) is 7.56. The van der Waals surface area contributed by atoms with Crippen LogP contribution in [0.15, 0.2) is 18.2 Å². The van der Waals surface area contributed by atoms with Crippen molar-refractivity contribution in [3.63, 3.8) is 0 Å². The summed E-state index contributed by atoms with van der Waals surface area (Å²) >= 11 is 0. The van der Waals surface area contributed by atoms with Gasteiger partial charge in [0.1, 0.15) is 5.75 Å². The fraction of sp³-hybridized carbons (Fsp3) is 0.719. The van der Waals surface area contributed by atoms with Crippen molar-refractivity contribution >= 4 is 23.5 Å². The SMILES string of the molecule is CC(C)NC(=O)N(C)C[C@H]1OCCCC[C@@H](C)Oc2ccc(NC(=O)CCCN(C)C)cc2C(=O)N([C@H](C)CO)C[C@@H]1C. The molecule has 1 aromatic carbocycles. The fourth-order valence-corrected chi connectivity index (χ4v) is 4.95. The molecule has 4 amide bonds. The lowest BCUT2D eigenvalue weighted by atomic mass is 10.0. The number of carbonyl (C=O) groups is 3. The third kappa shape index (κ3) is 12.3. The Kier molecular flexibility index (Phi) is 15.2. The number of ether oxygens (including phenoxy) is 2. The minimum absolute atomic E-state index is 0.00722. The van der Waals surface area contributed by atoms with Crippen molar-refractivity contribution in [2.45, 2.75) is 91.0 Å². The summed E-state index contributed by atoms with van der Waals surface area (Å²) in [5, 5.41) is 16.0. The Bertz CT molecular complexity index is 1040. The molecule has 0 radical (unpaired) electrons. The summed E-state index contributed by atoms with van der Waals surface area (Å²) < 4.78 is 12.6. The minimum Gasteiger partial charge on any atom is -0.490 e. The van der Waals surface area contributed by atoms with E-state index in [0.29, 0.717) is 43.1 Å². The number of likely N-dealkylation sites (N-methyl/N-ethyl adjacent to an activating group) is 1. The summed E-state index contributed by atoms with van der Waals surface area (Å²) in [5.41, 5.74) is 0.844. The van der Waals surface area contributed by atoms with Crippen LogP contribution in [0.1, 0.15) is 77.1 Å². The van der Waals surface area contributed by atoms with Crippen molar-refractivity contribution in [1.82, 2.24) is 20.0 Å². The number of hydrogen-bond donors (Lipinski definition) is 3. The fourth-order valence-electron chi connectivity index (χ4n) is 4.95. The van der Waals surface area contributed by atoms with E-state index in [1.165, 1.54) is 0 Å². The van der Waals surface area contributed by atoms with Gasteiger partial charge in [-0.1, -0.05) is 6.92 Å². The first-order chi connectivity index (χ1) is 20.3. The van der Waals surface area contributed by atoms with Gasteiger partial charge in [0.2, 0.25) is 5.91 Å². The molecule has 4 atom stereocenters. The smallest absolute Gasteiger partial charge is 0.317 e. The Morgan fingerprint density at radius 3 is 2.51 bits per heavy atom. The number of urea groups is 1. The van der Waals surface area contributed by atoms with Gasteiger partial charge in [0, 0.05) is 50.8 Å². The van der Waals surface area contributed by atoms with Gasteiger partial charge in [-0.2, -0.15) is 0 Å². The second-order valence-electron chi connectivity index (χ2n) is 12.5. The maximum Gasteiger partial charge on any atom is 0.317 e. The molecule has 11 heteroatoms. The number of carbonyl (C=O) groups excluding carboxylic acids is 3. The summed E-state index contributed by atoms with van der Waals surface area (Å²) in [7, 11) is 5.67. The Labute approximate surface area is 258 Å². The number of aliphatic hydroxyl groups is 1. The maximum absolute atomic E-state index is 14.2. The normalized spacial score (nSPS) is 21.0. The number of anilines is 1. The Morgan fingerprint density at radius 1 is 1.14 bits per heavy atom. The number of nitrogens with zero attached hydrogens (tertiary/aromatic N) is 3. The van der Waals surface area contributed by atoms with Crippen molar-refractivity contribution in [1.29, 1.82) is 0 Å². The van der Waals surface area contributed by atoms with Gasteiger partial charge in [-0.25, -0.2) is 4.79 Å². The Morgan fingerprint density at radius 2 is 1.86 bits per heavy atom. The first-order valence-corrected chi connectivity index (χ1v) is 15.6. The quantitative estimate of drug-likeness (QED) is 0.371. The average Bonchev–Trinajstić information content (AvgIpc) is 2.93. The highest BCUT2D eigenvalue weighted by Gasteiger charge is 2.31. The molecule has 1 aromatic rings. The molecule has 0 saturated heterocycles. The summed E-state index contributed by atoms with van der Waals surface area (Å²) in [5.74, 6) is -0.135. The molecule has 1 aliphatic heterocycles. The minimum atomic E-state index is -0.486. The molecule has 244 valence electrons. The van der Waals surface area contributed by atoms with Gasteiger partial charge in [-0.3, -0.25) is 9.59 Å². The molecule has 3 N–H and O–H groups in total. The van der Waals surface area contributed by atoms with Crippen LogP contribution in [0.5, 0.6) is 5.75 Å². The van der Waals surface area contributed by atoms with E-state index in [4.69, 9.17) is 9.47 Å². The van der Waals surface area contributed by atoms with Crippen LogP contribution in [0.2, 0.25) is 0 Å². The molecule has 2 rings (SSSR count). The van der Waals surface area contributed by atoms with Crippen LogP contribution in [0.3, 0.4) is 0 Å². The lowest BCUT2D eigenvalue weighted by molar-refractivity contribution is -0.116. The van der Waals surface area contributed by atoms with Crippen LogP contribution in [0.25, 0.3) is 0 Å². The van der Waals surface area contributed by atoms with Crippen molar-refractivity contribution in [3.05, 3.63) is 23.8 Å². The topological polar surface area (TPSA) is 124 Å². The van der Waals surface area contributed by atoms with Crippen LogP contribution in [-0.2, 0) is 9.53 Å². The highest BCUT2D eigenvalue weighted by molar-refractivity contribution is 5.99. The van der Waals surface area contributed by atoms with E-state index in [1.54, 1.807) is 42.0 Å². The highest BCUT2D eigenvalue weighted by atomic mass is 16.5. The number of aliphatic hydroxyl groups excluding tert-OH is 1. The second-order valence-corrected chi connectivity index (χ2v) is 12.5. The van der Waals surface area contributed by atoms with E-state index in [2.05, 4.69) is 10.6 Å². The predicted octanol–water partition coefficient (Wildman–Crippen LogP) is 3.81. The number of nitrogens with one attached hydrogen (secondary N) is 2. The van der Waals surface area contributed by atoms with Gasteiger partial charge in [0.25, 0.3) is 5.91 Å². The second kappa shape index (κ2) is 18.0. The molecule has 0 spiro atoms. The molecular weight excluding hydrogens is 550 g/mol. The molecule has 1 aliphatic rings. The first kappa shape index (κ1) is 36.3. The van der Waals surface area contributed by atoms with E-state index in [9.17, 15) is 19.5 Å². The van der Waals surface area contributed by atoms with Crippen molar-refractivity contribution in [2.75, 3.05) is 59.3 Å². The van der Waals surface area contributed by atoms with E-state index in [1.807, 2.05) is 46.7 Å². The average molecular weight is 606 g/mol. The van der Waals surface area contributed by atoms with Crippen LogP contribution in [0, 0.1) is 5.92 Å². The number of hydrogen-bond acceptors (Lipinski definition) is 7. The molecule has 0 aromatic heterocycles. The summed E-state index contributed by atoms with van der Waals surface area (Å²) in [6.07, 6.45) is 3.10. The van der Waals surface area contributed by atoms with Crippen LogP contribution < -0.4 is 15.4 Å². The zero-order valence-electron chi connectivity index (χ0n) is 27.5. The van der Waals surface area contributed by atoms with E-state index < -0.39 is 6.04 Å².